The van der Waals surface area contributed by atoms with Crippen LogP contribution in [-0.4, -0.2) is 27.3 Å². The van der Waals surface area contributed by atoms with Gasteiger partial charge in [0.15, 0.2) is 0 Å². The molecule has 1 saturated carbocycles. The standard InChI is InChI=1S/C18H23N3O3/c1-11-15(12(2)24-21-11)6-7-17(23)20-18(13-9-14(22)10-13)16-5-3-4-8-19-16/h3-5,8,13-14,18,22H,6-7,9-10H2,1-2H3,(H,20,23)/t13?,14?,18-/m1/s1. The predicted molar refractivity (Wildman–Crippen MR) is 88.1 cm³/mol. The molecule has 3 rings (SSSR count). The highest BCUT2D eigenvalue weighted by Crippen LogP contribution is 2.37. The first-order valence-electron chi connectivity index (χ1n) is 8.34. The van der Waals surface area contributed by atoms with Gasteiger partial charge in [0, 0.05) is 18.2 Å². The number of hydrogen-bond acceptors (Lipinski definition) is 5. The Bertz CT molecular complexity index is 673. The zero-order valence-electron chi connectivity index (χ0n) is 14.0. The lowest BCUT2D eigenvalue weighted by Crippen LogP contribution is -2.41. The summed E-state index contributed by atoms with van der Waals surface area (Å²) in [6.45, 7) is 3.75. The highest BCUT2D eigenvalue weighted by molar-refractivity contribution is 5.76. The summed E-state index contributed by atoms with van der Waals surface area (Å²) in [5, 5.41) is 16.6. The maximum Gasteiger partial charge on any atom is 0.220 e. The fourth-order valence-electron chi connectivity index (χ4n) is 3.24. The van der Waals surface area contributed by atoms with Crippen LogP contribution >= 0.6 is 0 Å². The van der Waals surface area contributed by atoms with E-state index in [1.807, 2.05) is 32.0 Å². The van der Waals surface area contributed by atoms with Crippen molar-refractivity contribution in [1.29, 1.82) is 0 Å². The van der Waals surface area contributed by atoms with Gasteiger partial charge in [0.1, 0.15) is 5.76 Å². The van der Waals surface area contributed by atoms with Crippen molar-refractivity contribution in [3.8, 4) is 0 Å². The van der Waals surface area contributed by atoms with Gasteiger partial charge in [-0.05, 0) is 51.2 Å². The van der Waals surface area contributed by atoms with Crippen molar-refractivity contribution in [2.24, 2.45) is 5.92 Å². The van der Waals surface area contributed by atoms with E-state index in [1.165, 1.54) is 0 Å². The van der Waals surface area contributed by atoms with Gasteiger partial charge in [0.25, 0.3) is 0 Å². The first-order chi connectivity index (χ1) is 11.5. The number of aliphatic hydroxyl groups excluding tert-OH is 1. The lowest BCUT2D eigenvalue weighted by atomic mass is 9.76. The van der Waals surface area contributed by atoms with Crippen molar-refractivity contribution < 1.29 is 14.4 Å². The Labute approximate surface area is 141 Å². The van der Waals surface area contributed by atoms with Gasteiger partial charge in [0.2, 0.25) is 5.91 Å². The maximum atomic E-state index is 12.4. The minimum atomic E-state index is -0.264. The van der Waals surface area contributed by atoms with Crippen LogP contribution in [0.15, 0.2) is 28.9 Å². The molecule has 1 fully saturated rings. The molecule has 0 radical (unpaired) electrons. The molecule has 0 aromatic carbocycles. The SMILES string of the molecule is Cc1noc(C)c1CCC(=O)N[C@@H](c1ccccn1)C1CC(O)C1. The second kappa shape index (κ2) is 7.13. The Morgan fingerprint density at radius 2 is 2.21 bits per heavy atom. The summed E-state index contributed by atoms with van der Waals surface area (Å²) < 4.78 is 5.14. The molecule has 2 aromatic rings. The summed E-state index contributed by atoms with van der Waals surface area (Å²) in [5.41, 5.74) is 2.68. The number of nitrogens with one attached hydrogen (secondary N) is 1. The van der Waals surface area contributed by atoms with Crippen LogP contribution in [0.2, 0.25) is 0 Å². The summed E-state index contributed by atoms with van der Waals surface area (Å²) in [7, 11) is 0. The summed E-state index contributed by atoms with van der Waals surface area (Å²) in [4.78, 5) is 16.8. The molecule has 2 aromatic heterocycles. The van der Waals surface area contributed by atoms with Crippen molar-refractivity contribution in [1.82, 2.24) is 15.5 Å². The van der Waals surface area contributed by atoms with Crippen molar-refractivity contribution in [3.05, 3.63) is 47.1 Å². The Balaban J connectivity index is 1.63. The zero-order valence-corrected chi connectivity index (χ0v) is 14.0. The molecule has 1 amide bonds. The zero-order chi connectivity index (χ0) is 17.1. The molecule has 1 atom stereocenters. The number of carbonyl (C=O) groups is 1. The molecule has 128 valence electrons. The van der Waals surface area contributed by atoms with E-state index in [1.54, 1.807) is 6.20 Å². The van der Waals surface area contributed by atoms with Crippen LogP contribution in [0.4, 0.5) is 0 Å². The minimum absolute atomic E-state index is 0.0213. The molecule has 1 aliphatic rings. The van der Waals surface area contributed by atoms with Gasteiger partial charge in [-0.2, -0.15) is 0 Å². The molecule has 0 unspecified atom stereocenters. The Hall–Kier alpha value is -2.21. The molecule has 0 aliphatic heterocycles. The normalized spacial score (nSPS) is 21.1. The highest BCUT2D eigenvalue weighted by atomic mass is 16.5. The van der Waals surface area contributed by atoms with E-state index < -0.39 is 0 Å². The number of amides is 1. The van der Waals surface area contributed by atoms with E-state index in [9.17, 15) is 9.90 Å². The first kappa shape index (κ1) is 16.6. The van der Waals surface area contributed by atoms with Gasteiger partial charge in [-0.1, -0.05) is 11.2 Å². The van der Waals surface area contributed by atoms with Crippen LogP contribution in [-0.2, 0) is 11.2 Å². The third-order valence-corrected chi connectivity index (χ3v) is 4.73. The van der Waals surface area contributed by atoms with Crippen LogP contribution in [0.1, 0.15) is 48.0 Å². The highest BCUT2D eigenvalue weighted by Gasteiger charge is 2.36. The second-order valence-corrected chi connectivity index (χ2v) is 6.49. The van der Waals surface area contributed by atoms with Crippen LogP contribution in [0.5, 0.6) is 0 Å². The predicted octanol–water partition coefficient (Wildman–Crippen LogP) is 2.25. The third kappa shape index (κ3) is 3.64. The van der Waals surface area contributed by atoms with Crippen LogP contribution in [0, 0.1) is 19.8 Å². The van der Waals surface area contributed by atoms with Crippen LogP contribution in [0.3, 0.4) is 0 Å². The molecular formula is C18H23N3O3. The topological polar surface area (TPSA) is 88.3 Å². The number of carbonyl (C=O) groups excluding carboxylic acids is 1. The van der Waals surface area contributed by atoms with E-state index in [0.717, 1.165) is 22.7 Å². The van der Waals surface area contributed by atoms with Crippen molar-refractivity contribution >= 4 is 5.91 Å². The van der Waals surface area contributed by atoms with Gasteiger partial charge in [0.05, 0.1) is 23.5 Å². The first-order valence-corrected chi connectivity index (χ1v) is 8.34. The number of nitrogens with zero attached hydrogens (tertiary/aromatic N) is 2. The molecule has 6 heteroatoms. The average molecular weight is 329 g/mol. The smallest absolute Gasteiger partial charge is 0.220 e. The van der Waals surface area contributed by atoms with E-state index in [0.29, 0.717) is 25.7 Å². The number of aromatic nitrogens is 2. The Morgan fingerprint density at radius 3 is 2.79 bits per heavy atom. The number of rotatable bonds is 6. The van der Waals surface area contributed by atoms with Gasteiger partial charge in [-0.3, -0.25) is 9.78 Å². The molecular weight excluding hydrogens is 306 g/mol. The molecule has 2 heterocycles. The number of aryl methyl sites for hydroxylation is 2. The Morgan fingerprint density at radius 1 is 1.42 bits per heavy atom. The average Bonchev–Trinajstić information content (AvgIpc) is 2.87. The molecule has 0 spiro atoms. The molecule has 6 nitrogen and oxygen atoms in total. The van der Waals surface area contributed by atoms with Crippen molar-refractivity contribution in [2.75, 3.05) is 0 Å². The molecule has 24 heavy (non-hydrogen) atoms. The maximum absolute atomic E-state index is 12.4. The number of aliphatic hydroxyl groups is 1. The second-order valence-electron chi connectivity index (χ2n) is 6.49. The van der Waals surface area contributed by atoms with Crippen molar-refractivity contribution in [3.63, 3.8) is 0 Å². The summed E-state index contributed by atoms with van der Waals surface area (Å²) >= 11 is 0. The summed E-state index contributed by atoms with van der Waals surface area (Å²) in [6, 6.07) is 5.55. The van der Waals surface area contributed by atoms with E-state index >= 15 is 0 Å². The Kier molecular flexibility index (Phi) is 4.94. The lowest BCUT2D eigenvalue weighted by molar-refractivity contribution is -0.123. The fraction of sp³-hybridized carbons (Fsp3) is 0.500. The molecule has 1 aliphatic carbocycles. The largest absolute Gasteiger partial charge is 0.393 e. The fourth-order valence-corrected chi connectivity index (χ4v) is 3.24. The van der Waals surface area contributed by atoms with E-state index in [-0.39, 0.29) is 24.0 Å². The number of hydrogen-bond donors (Lipinski definition) is 2. The molecule has 0 saturated heterocycles. The van der Waals surface area contributed by atoms with Crippen LogP contribution in [0.25, 0.3) is 0 Å². The van der Waals surface area contributed by atoms with Crippen LogP contribution < -0.4 is 5.32 Å². The van der Waals surface area contributed by atoms with Crippen molar-refractivity contribution in [2.45, 2.75) is 51.7 Å². The molecule has 0 bridgehead atoms. The lowest BCUT2D eigenvalue weighted by Gasteiger charge is -2.37. The van der Waals surface area contributed by atoms with Gasteiger partial charge < -0.3 is 14.9 Å². The minimum Gasteiger partial charge on any atom is -0.393 e. The van der Waals surface area contributed by atoms with E-state index in [2.05, 4.69) is 15.5 Å². The van der Waals surface area contributed by atoms with Gasteiger partial charge in [-0.15, -0.1) is 0 Å². The summed E-state index contributed by atoms with van der Waals surface area (Å²) in [5.74, 6) is 0.980. The van der Waals surface area contributed by atoms with Gasteiger partial charge in [-0.25, -0.2) is 0 Å². The molecule has 2 N–H and O–H groups in total. The summed E-state index contributed by atoms with van der Waals surface area (Å²) in [6.07, 6.45) is 3.85. The number of pyridine rings is 1. The monoisotopic (exact) mass is 329 g/mol. The quantitative estimate of drug-likeness (QED) is 0.848. The third-order valence-electron chi connectivity index (χ3n) is 4.73. The van der Waals surface area contributed by atoms with Gasteiger partial charge >= 0.3 is 0 Å². The van der Waals surface area contributed by atoms with E-state index in [4.69, 9.17) is 4.52 Å².